The highest BCUT2D eigenvalue weighted by atomic mass is 15.3. The summed E-state index contributed by atoms with van der Waals surface area (Å²) in [6.45, 7) is 2.22. The highest BCUT2D eigenvalue weighted by Crippen LogP contribution is 2.33. The molecule has 23 heavy (non-hydrogen) atoms. The fourth-order valence-electron chi connectivity index (χ4n) is 3.65. The Morgan fingerprint density at radius 1 is 1.17 bits per heavy atom. The van der Waals surface area contributed by atoms with Crippen molar-refractivity contribution in [3.8, 4) is 0 Å². The number of aromatic nitrogens is 3. The minimum atomic E-state index is 0.230. The number of rotatable bonds is 5. The van der Waals surface area contributed by atoms with Gasteiger partial charge in [0.15, 0.2) is 11.5 Å². The van der Waals surface area contributed by atoms with Crippen LogP contribution in [0.15, 0.2) is 48.7 Å². The standard InChI is InChI=1S/C19H22N4/c1-2-7-17(19-22-21-18-10-5-6-13-23(18)19)20-16-12-11-14-8-3-4-9-15(14)16/h3-6,8-10,13,16-17,20H,2,7,11-12H2,1H3/t16-,17-/m1/s1. The van der Waals surface area contributed by atoms with E-state index in [1.165, 1.54) is 11.1 Å². The molecule has 2 heterocycles. The molecule has 2 aromatic heterocycles. The maximum atomic E-state index is 4.46. The first kappa shape index (κ1) is 14.4. The lowest BCUT2D eigenvalue weighted by molar-refractivity contribution is 0.402. The monoisotopic (exact) mass is 306 g/mol. The van der Waals surface area contributed by atoms with Crippen LogP contribution >= 0.6 is 0 Å². The summed E-state index contributed by atoms with van der Waals surface area (Å²) in [6, 6.07) is 15.5. The molecule has 4 rings (SSSR count). The smallest absolute Gasteiger partial charge is 0.160 e. The molecule has 0 amide bonds. The van der Waals surface area contributed by atoms with Crippen LogP contribution in [0.4, 0.5) is 0 Å². The van der Waals surface area contributed by atoms with Crippen LogP contribution in [0.1, 0.15) is 55.2 Å². The third-order valence-corrected chi connectivity index (χ3v) is 4.76. The molecule has 0 saturated heterocycles. The molecule has 3 aromatic rings. The quantitative estimate of drug-likeness (QED) is 0.778. The summed E-state index contributed by atoms with van der Waals surface area (Å²) in [6.07, 6.45) is 6.56. The number of aryl methyl sites for hydroxylation is 1. The fraction of sp³-hybridized carbons (Fsp3) is 0.368. The zero-order chi connectivity index (χ0) is 15.6. The minimum Gasteiger partial charge on any atom is -0.300 e. The predicted molar refractivity (Wildman–Crippen MR) is 91.3 cm³/mol. The predicted octanol–water partition coefficient (Wildman–Crippen LogP) is 3.85. The molecule has 0 aliphatic heterocycles. The Labute approximate surface area is 136 Å². The average Bonchev–Trinajstić information content (AvgIpc) is 3.19. The Bertz CT molecular complexity index is 808. The van der Waals surface area contributed by atoms with Gasteiger partial charge in [0, 0.05) is 12.2 Å². The number of fused-ring (bicyclic) bond motifs is 2. The van der Waals surface area contributed by atoms with E-state index in [1.54, 1.807) is 0 Å². The van der Waals surface area contributed by atoms with Crippen molar-refractivity contribution in [2.45, 2.75) is 44.7 Å². The molecule has 4 nitrogen and oxygen atoms in total. The number of pyridine rings is 1. The second-order valence-corrected chi connectivity index (χ2v) is 6.29. The topological polar surface area (TPSA) is 42.2 Å². The number of nitrogens with zero attached hydrogens (tertiary/aromatic N) is 3. The van der Waals surface area contributed by atoms with Gasteiger partial charge in [-0.1, -0.05) is 43.7 Å². The first-order chi connectivity index (χ1) is 11.4. The van der Waals surface area contributed by atoms with Gasteiger partial charge in [-0.3, -0.25) is 4.40 Å². The van der Waals surface area contributed by atoms with Crippen LogP contribution in [0.2, 0.25) is 0 Å². The lowest BCUT2D eigenvalue weighted by atomic mass is 10.1. The van der Waals surface area contributed by atoms with Crippen LogP contribution in [0.5, 0.6) is 0 Å². The van der Waals surface area contributed by atoms with Gasteiger partial charge in [-0.2, -0.15) is 0 Å². The van der Waals surface area contributed by atoms with Crippen molar-refractivity contribution in [3.05, 3.63) is 65.6 Å². The fourth-order valence-corrected chi connectivity index (χ4v) is 3.65. The van der Waals surface area contributed by atoms with Crippen LogP contribution in [0.3, 0.4) is 0 Å². The second-order valence-electron chi connectivity index (χ2n) is 6.29. The molecule has 0 radical (unpaired) electrons. The van der Waals surface area contributed by atoms with Gasteiger partial charge >= 0.3 is 0 Å². The van der Waals surface area contributed by atoms with Crippen LogP contribution in [-0.4, -0.2) is 14.6 Å². The van der Waals surface area contributed by atoms with E-state index in [4.69, 9.17) is 0 Å². The molecular weight excluding hydrogens is 284 g/mol. The molecule has 4 heteroatoms. The van der Waals surface area contributed by atoms with Crippen LogP contribution in [0, 0.1) is 0 Å². The zero-order valence-electron chi connectivity index (χ0n) is 13.4. The lowest BCUT2D eigenvalue weighted by Gasteiger charge is -2.22. The average molecular weight is 306 g/mol. The van der Waals surface area contributed by atoms with Gasteiger partial charge in [-0.15, -0.1) is 10.2 Å². The normalized spacial score (nSPS) is 18.2. The first-order valence-electron chi connectivity index (χ1n) is 8.50. The minimum absolute atomic E-state index is 0.230. The van der Waals surface area contributed by atoms with Gasteiger partial charge in [0.25, 0.3) is 0 Å². The molecule has 1 N–H and O–H groups in total. The van der Waals surface area contributed by atoms with Gasteiger partial charge < -0.3 is 5.32 Å². The molecule has 1 aromatic carbocycles. The van der Waals surface area contributed by atoms with E-state index in [2.05, 4.69) is 57.3 Å². The van der Waals surface area contributed by atoms with Crippen LogP contribution in [0.25, 0.3) is 5.65 Å². The molecule has 0 spiro atoms. The van der Waals surface area contributed by atoms with Gasteiger partial charge in [0.05, 0.1) is 6.04 Å². The maximum Gasteiger partial charge on any atom is 0.160 e. The van der Waals surface area contributed by atoms with Crippen molar-refractivity contribution in [1.29, 1.82) is 0 Å². The van der Waals surface area contributed by atoms with E-state index in [1.807, 2.05) is 18.2 Å². The Morgan fingerprint density at radius 3 is 2.96 bits per heavy atom. The Balaban J connectivity index is 1.64. The van der Waals surface area contributed by atoms with Crippen molar-refractivity contribution >= 4 is 5.65 Å². The van der Waals surface area contributed by atoms with Crippen molar-refractivity contribution in [1.82, 2.24) is 19.9 Å². The third-order valence-electron chi connectivity index (χ3n) is 4.76. The van der Waals surface area contributed by atoms with Crippen LogP contribution in [-0.2, 0) is 6.42 Å². The lowest BCUT2D eigenvalue weighted by Crippen LogP contribution is -2.26. The van der Waals surface area contributed by atoms with E-state index < -0.39 is 0 Å². The van der Waals surface area contributed by atoms with Gasteiger partial charge in [0.1, 0.15) is 0 Å². The molecular formula is C19H22N4. The summed E-state index contributed by atoms with van der Waals surface area (Å²) in [5.41, 5.74) is 3.84. The SMILES string of the molecule is CCC[C@@H](N[C@@H]1CCc2ccccc21)c1nnc2ccccn12. The summed E-state index contributed by atoms with van der Waals surface area (Å²) >= 11 is 0. The molecule has 0 saturated carbocycles. The van der Waals surface area contributed by atoms with Crippen molar-refractivity contribution < 1.29 is 0 Å². The maximum absolute atomic E-state index is 4.46. The Morgan fingerprint density at radius 2 is 2.04 bits per heavy atom. The zero-order valence-corrected chi connectivity index (χ0v) is 13.4. The summed E-state index contributed by atoms with van der Waals surface area (Å²) in [5, 5.41) is 12.6. The summed E-state index contributed by atoms with van der Waals surface area (Å²) in [4.78, 5) is 0. The molecule has 2 atom stereocenters. The molecule has 0 bridgehead atoms. The number of nitrogens with one attached hydrogen (secondary N) is 1. The van der Waals surface area contributed by atoms with E-state index in [-0.39, 0.29) is 6.04 Å². The van der Waals surface area contributed by atoms with E-state index in [0.717, 1.165) is 37.2 Å². The molecule has 1 aliphatic rings. The summed E-state index contributed by atoms with van der Waals surface area (Å²) in [5.74, 6) is 1.02. The van der Waals surface area contributed by atoms with E-state index in [9.17, 15) is 0 Å². The van der Waals surface area contributed by atoms with Crippen molar-refractivity contribution in [3.63, 3.8) is 0 Å². The summed E-state index contributed by atoms with van der Waals surface area (Å²) < 4.78 is 2.11. The largest absolute Gasteiger partial charge is 0.300 e. The highest BCUT2D eigenvalue weighted by Gasteiger charge is 2.26. The van der Waals surface area contributed by atoms with Gasteiger partial charge in [-0.05, 0) is 42.5 Å². The Kier molecular flexibility index (Phi) is 3.83. The third kappa shape index (κ3) is 2.63. The molecule has 118 valence electrons. The van der Waals surface area contributed by atoms with Gasteiger partial charge in [-0.25, -0.2) is 0 Å². The second kappa shape index (κ2) is 6.13. The Hall–Kier alpha value is -2.20. The summed E-state index contributed by atoms with van der Waals surface area (Å²) in [7, 11) is 0. The first-order valence-corrected chi connectivity index (χ1v) is 8.50. The van der Waals surface area contributed by atoms with Crippen molar-refractivity contribution in [2.24, 2.45) is 0 Å². The molecule has 0 unspecified atom stereocenters. The van der Waals surface area contributed by atoms with Crippen molar-refractivity contribution in [2.75, 3.05) is 0 Å². The van der Waals surface area contributed by atoms with E-state index in [0.29, 0.717) is 6.04 Å². The highest BCUT2D eigenvalue weighted by molar-refractivity contribution is 5.38. The number of hydrogen-bond donors (Lipinski definition) is 1. The number of benzene rings is 1. The van der Waals surface area contributed by atoms with Gasteiger partial charge in [0.2, 0.25) is 0 Å². The molecule has 1 aliphatic carbocycles. The molecule has 0 fully saturated rings. The van der Waals surface area contributed by atoms with E-state index >= 15 is 0 Å². The van der Waals surface area contributed by atoms with Crippen LogP contribution < -0.4 is 5.32 Å². The number of hydrogen-bond acceptors (Lipinski definition) is 3.